The predicted molar refractivity (Wildman–Crippen MR) is 117 cm³/mol. The molecule has 0 spiro atoms. The predicted octanol–water partition coefficient (Wildman–Crippen LogP) is 3.23. The van der Waals surface area contributed by atoms with Crippen LogP contribution >= 0.6 is 11.3 Å². The second-order valence-electron chi connectivity index (χ2n) is 6.96. The molecule has 0 saturated heterocycles. The molecule has 160 valence electrons. The number of carbonyl (C=O) groups is 1. The number of thiophene rings is 1. The zero-order valence-electron chi connectivity index (χ0n) is 17.3. The standard InChI is InChI=1S/C20H24N4O4S2/c1-5-23(12-18-21-20(22-28-18)17-7-6-10-29-17)19(25)13-24(30(4,26)27)16-11-14(2)8-9-15(16)3/h6-11H,5,12-13H2,1-4H3. The number of hydrogen-bond donors (Lipinski definition) is 0. The maximum Gasteiger partial charge on any atom is 0.246 e. The first kappa shape index (κ1) is 22.0. The summed E-state index contributed by atoms with van der Waals surface area (Å²) in [6.45, 7) is 5.70. The van der Waals surface area contributed by atoms with E-state index in [-0.39, 0.29) is 19.0 Å². The van der Waals surface area contributed by atoms with Gasteiger partial charge in [-0.05, 0) is 49.4 Å². The molecule has 0 aliphatic heterocycles. The molecule has 0 unspecified atom stereocenters. The van der Waals surface area contributed by atoms with E-state index < -0.39 is 10.0 Å². The molecule has 3 aromatic rings. The zero-order valence-corrected chi connectivity index (χ0v) is 19.0. The van der Waals surface area contributed by atoms with E-state index >= 15 is 0 Å². The smallest absolute Gasteiger partial charge is 0.246 e. The van der Waals surface area contributed by atoms with Gasteiger partial charge in [-0.25, -0.2) is 8.42 Å². The Morgan fingerprint density at radius 1 is 1.23 bits per heavy atom. The fourth-order valence-corrected chi connectivity index (χ4v) is 4.50. The molecule has 10 heteroatoms. The minimum atomic E-state index is -3.66. The van der Waals surface area contributed by atoms with Crippen LogP contribution in [0.15, 0.2) is 40.2 Å². The number of carbonyl (C=O) groups excluding carboxylic acids is 1. The average molecular weight is 449 g/mol. The zero-order chi connectivity index (χ0) is 21.9. The molecule has 3 rings (SSSR count). The molecule has 1 amide bonds. The van der Waals surface area contributed by atoms with Crippen molar-refractivity contribution in [2.45, 2.75) is 27.3 Å². The minimum absolute atomic E-state index is 0.109. The molecule has 8 nitrogen and oxygen atoms in total. The summed E-state index contributed by atoms with van der Waals surface area (Å²) >= 11 is 1.49. The maximum atomic E-state index is 13.0. The van der Waals surface area contributed by atoms with Crippen LogP contribution in [0.2, 0.25) is 0 Å². The molecular formula is C20H24N4O4S2. The Bertz CT molecular complexity index is 1120. The van der Waals surface area contributed by atoms with Crippen molar-refractivity contribution in [1.29, 1.82) is 0 Å². The van der Waals surface area contributed by atoms with Crippen LogP contribution in [0, 0.1) is 13.8 Å². The summed E-state index contributed by atoms with van der Waals surface area (Å²) in [6.07, 6.45) is 1.10. The van der Waals surface area contributed by atoms with Crippen molar-refractivity contribution in [3.63, 3.8) is 0 Å². The number of hydrogen-bond acceptors (Lipinski definition) is 7. The van der Waals surface area contributed by atoms with Crippen LogP contribution in [0.4, 0.5) is 5.69 Å². The average Bonchev–Trinajstić information content (AvgIpc) is 3.36. The molecule has 0 aliphatic rings. The van der Waals surface area contributed by atoms with E-state index in [0.29, 0.717) is 23.9 Å². The highest BCUT2D eigenvalue weighted by molar-refractivity contribution is 7.92. The number of sulfonamides is 1. The third-order valence-electron chi connectivity index (χ3n) is 4.58. The highest BCUT2D eigenvalue weighted by atomic mass is 32.2. The van der Waals surface area contributed by atoms with E-state index in [1.54, 1.807) is 6.07 Å². The molecule has 0 radical (unpaired) electrons. The van der Waals surface area contributed by atoms with Gasteiger partial charge in [0.15, 0.2) is 0 Å². The van der Waals surface area contributed by atoms with Crippen molar-refractivity contribution < 1.29 is 17.7 Å². The van der Waals surface area contributed by atoms with Crippen molar-refractivity contribution in [2.75, 3.05) is 23.7 Å². The topological polar surface area (TPSA) is 96.6 Å². The van der Waals surface area contributed by atoms with Crippen LogP contribution < -0.4 is 4.31 Å². The Hall–Kier alpha value is -2.72. The van der Waals surface area contributed by atoms with Gasteiger partial charge in [-0.3, -0.25) is 9.10 Å². The molecule has 0 saturated carbocycles. The van der Waals surface area contributed by atoms with Crippen molar-refractivity contribution >= 4 is 33.0 Å². The molecule has 0 bridgehead atoms. The fourth-order valence-electron chi connectivity index (χ4n) is 2.96. The first-order valence-corrected chi connectivity index (χ1v) is 12.1. The molecule has 30 heavy (non-hydrogen) atoms. The Morgan fingerprint density at radius 3 is 2.63 bits per heavy atom. The van der Waals surface area contributed by atoms with Crippen molar-refractivity contribution in [3.8, 4) is 10.7 Å². The van der Waals surface area contributed by atoms with Crippen molar-refractivity contribution in [2.24, 2.45) is 0 Å². The molecule has 1 aromatic carbocycles. The second kappa shape index (κ2) is 8.97. The van der Waals surface area contributed by atoms with Gasteiger partial charge in [0.2, 0.25) is 27.6 Å². The van der Waals surface area contributed by atoms with Gasteiger partial charge in [-0.15, -0.1) is 11.3 Å². The summed E-state index contributed by atoms with van der Waals surface area (Å²) in [4.78, 5) is 19.7. The van der Waals surface area contributed by atoms with Crippen molar-refractivity contribution in [1.82, 2.24) is 15.0 Å². The normalized spacial score (nSPS) is 11.5. The molecule has 0 atom stereocenters. The molecular weight excluding hydrogens is 424 g/mol. The van der Waals surface area contributed by atoms with Gasteiger partial charge in [-0.2, -0.15) is 4.98 Å². The molecule has 2 heterocycles. The van der Waals surface area contributed by atoms with Gasteiger partial charge < -0.3 is 9.42 Å². The molecule has 2 aromatic heterocycles. The van der Waals surface area contributed by atoms with E-state index in [4.69, 9.17) is 4.52 Å². The summed E-state index contributed by atoms with van der Waals surface area (Å²) < 4.78 is 31.3. The van der Waals surface area contributed by atoms with Crippen LogP contribution in [0.25, 0.3) is 10.7 Å². The molecule has 0 N–H and O–H groups in total. The van der Waals surface area contributed by atoms with Crippen LogP contribution in [0.1, 0.15) is 23.9 Å². The number of aromatic nitrogens is 2. The first-order chi connectivity index (χ1) is 14.2. The van der Waals surface area contributed by atoms with E-state index in [9.17, 15) is 13.2 Å². The fraction of sp³-hybridized carbons (Fsp3) is 0.350. The summed E-state index contributed by atoms with van der Waals surface area (Å²) in [5, 5.41) is 5.87. The summed E-state index contributed by atoms with van der Waals surface area (Å²) in [6, 6.07) is 9.29. The Kier molecular flexibility index (Phi) is 6.57. The number of benzene rings is 1. The lowest BCUT2D eigenvalue weighted by atomic mass is 10.1. The number of amides is 1. The summed E-state index contributed by atoms with van der Waals surface area (Å²) in [5.41, 5.74) is 2.19. The highest BCUT2D eigenvalue weighted by Crippen LogP contribution is 2.25. The van der Waals surface area contributed by atoms with Gasteiger partial charge >= 0.3 is 0 Å². The van der Waals surface area contributed by atoms with Crippen LogP contribution in [-0.2, 0) is 21.4 Å². The SMILES string of the molecule is CCN(Cc1nc(-c2cccs2)no1)C(=O)CN(c1cc(C)ccc1C)S(C)(=O)=O. The van der Waals surface area contributed by atoms with Crippen molar-refractivity contribution in [3.05, 3.63) is 52.7 Å². The van der Waals surface area contributed by atoms with E-state index in [1.165, 1.54) is 16.2 Å². The van der Waals surface area contributed by atoms with Gasteiger partial charge in [-0.1, -0.05) is 23.4 Å². The number of anilines is 1. The Labute approximate surface area is 180 Å². The van der Waals surface area contributed by atoms with Gasteiger partial charge in [0, 0.05) is 6.54 Å². The third-order valence-corrected chi connectivity index (χ3v) is 6.57. The monoisotopic (exact) mass is 448 g/mol. The molecule has 0 aliphatic carbocycles. The summed E-state index contributed by atoms with van der Waals surface area (Å²) in [7, 11) is -3.66. The maximum absolute atomic E-state index is 13.0. The van der Waals surface area contributed by atoms with Gasteiger partial charge in [0.25, 0.3) is 0 Å². The number of nitrogens with zero attached hydrogens (tertiary/aromatic N) is 4. The Morgan fingerprint density at radius 2 is 2.00 bits per heavy atom. The van der Waals surface area contributed by atoms with Crippen LogP contribution in [-0.4, -0.2) is 48.7 Å². The Balaban J connectivity index is 1.79. The second-order valence-corrected chi connectivity index (χ2v) is 9.81. The first-order valence-electron chi connectivity index (χ1n) is 9.38. The number of likely N-dealkylation sites (N-methyl/N-ethyl adjacent to an activating group) is 1. The number of rotatable bonds is 8. The highest BCUT2D eigenvalue weighted by Gasteiger charge is 2.26. The van der Waals surface area contributed by atoms with E-state index in [2.05, 4.69) is 10.1 Å². The summed E-state index contributed by atoms with van der Waals surface area (Å²) in [5.74, 6) is 0.419. The quantitative estimate of drug-likeness (QED) is 0.525. The van der Waals surface area contributed by atoms with Crippen LogP contribution in [0.5, 0.6) is 0 Å². The lowest BCUT2D eigenvalue weighted by molar-refractivity contribution is -0.130. The minimum Gasteiger partial charge on any atom is -0.337 e. The lowest BCUT2D eigenvalue weighted by Crippen LogP contribution is -2.42. The van der Waals surface area contributed by atoms with Gasteiger partial charge in [0.1, 0.15) is 13.1 Å². The largest absolute Gasteiger partial charge is 0.337 e. The third kappa shape index (κ3) is 5.06. The van der Waals surface area contributed by atoms with E-state index in [0.717, 1.165) is 26.6 Å². The van der Waals surface area contributed by atoms with E-state index in [1.807, 2.05) is 50.4 Å². The lowest BCUT2D eigenvalue weighted by Gasteiger charge is -2.27. The molecule has 0 fully saturated rings. The number of aryl methyl sites for hydroxylation is 2. The van der Waals surface area contributed by atoms with Crippen LogP contribution in [0.3, 0.4) is 0 Å². The van der Waals surface area contributed by atoms with Gasteiger partial charge in [0.05, 0.1) is 16.8 Å².